The summed E-state index contributed by atoms with van der Waals surface area (Å²) < 4.78 is 15.5. The molecule has 20 heavy (non-hydrogen) atoms. The Morgan fingerprint density at radius 1 is 1.40 bits per heavy atom. The fourth-order valence-electron chi connectivity index (χ4n) is 2.08. The monoisotopic (exact) mass is 275 g/mol. The number of benzene rings is 1. The SMILES string of the molecule is Cc1cccc(F)c1NC(=O)c1cc(N)cn1C(C)C. The second-order valence-corrected chi connectivity index (χ2v) is 5.05. The lowest BCUT2D eigenvalue weighted by Crippen LogP contribution is -2.19. The number of carbonyl (C=O) groups is 1. The standard InChI is InChI=1S/C15H18FN3O/c1-9(2)19-8-11(17)7-13(19)15(20)18-14-10(3)5-4-6-12(14)16/h4-9H,17H2,1-3H3,(H,18,20). The quantitative estimate of drug-likeness (QED) is 0.902. The molecule has 4 nitrogen and oxygen atoms in total. The number of hydrogen-bond donors (Lipinski definition) is 2. The van der Waals surface area contributed by atoms with Crippen molar-refractivity contribution in [1.82, 2.24) is 4.57 Å². The van der Waals surface area contributed by atoms with Crippen molar-refractivity contribution in [2.75, 3.05) is 11.1 Å². The number of anilines is 2. The summed E-state index contributed by atoms with van der Waals surface area (Å²) in [6, 6.07) is 6.35. The molecular formula is C15H18FN3O. The van der Waals surface area contributed by atoms with Gasteiger partial charge in [-0.25, -0.2) is 4.39 Å². The molecule has 0 aliphatic carbocycles. The van der Waals surface area contributed by atoms with Crippen LogP contribution < -0.4 is 11.1 Å². The van der Waals surface area contributed by atoms with Crippen LogP contribution in [0, 0.1) is 12.7 Å². The highest BCUT2D eigenvalue weighted by atomic mass is 19.1. The molecule has 0 fully saturated rings. The van der Waals surface area contributed by atoms with Crippen molar-refractivity contribution in [2.24, 2.45) is 0 Å². The number of amides is 1. The Kier molecular flexibility index (Phi) is 3.79. The summed E-state index contributed by atoms with van der Waals surface area (Å²) in [5.41, 5.74) is 7.53. The number of nitrogens with one attached hydrogen (secondary N) is 1. The van der Waals surface area contributed by atoms with E-state index in [9.17, 15) is 9.18 Å². The Hall–Kier alpha value is -2.30. The van der Waals surface area contributed by atoms with Crippen LogP contribution in [0.15, 0.2) is 30.5 Å². The molecule has 1 amide bonds. The van der Waals surface area contributed by atoms with Crippen molar-refractivity contribution in [3.05, 3.63) is 47.5 Å². The lowest BCUT2D eigenvalue weighted by Gasteiger charge is -2.14. The third-order valence-corrected chi connectivity index (χ3v) is 3.12. The first-order valence-corrected chi connectivity index (χ1v) is 6.44. The van der Waals surface area contributed by atoms with Crippen molar-refractivity contribution in [2.45, 2.75) is 26.8 Å². The average molecular weight is 275 g/mol. The second kappa shape index (κ2) is 5.36. The van der Waals surface area contributed by atoms with Gasteiger partial charge < -0.3 is 15.6 Å². The first-order chi connectivity index (χ1) is 9.40. The van der Waals surface area contributed by atoms with Crippen LogP contribution in [-0.4, -0.2) is 10.5 Å². The maximum Gasteiger partial charge on any atom is 0.272 e. The molecule has 0 aliphatic rings. The minimum Gasteiger partial charge on any atom is -0.397 e. The zero-order chi connectivity index (χ0) is 14.9. The summed E-state index contributed by atoms with van der Waals surface area (Å²) in [6.45, 7) is 5.64. The van der Waals surface area contributed by atoms with E-state index >= 15 is 0 Å². The molecule has 0 unspecified atom stereocenters. The van der Waals surface area contributed by atoms with Gasteiger partial charge in [0, 0.05) is 12.2 Å². The largest absolute Gasteiger partial charge is 0.397 e. The number of aryl methyl sites for hydroxylation is 1. The highest BCUT2D eigenvalue weighted by Gasteiger charge is 2.17. The van der Waals surface area contributed by atoms with Gasteiger partial charge in [-0.2, -0.15) is 0 Å². The maximum absolute atomic E-state index is 13.7. The fraction of sp³-hybridized carbons (Fsp3) is 0.267. The topological polar surface area (TPSA) is 60.1 Å². The Labute approximate surface area is 117 Å². The number of nitrogen functional groups attached to an aromatic ring is 1. The van der Waals surface area contributed by atoms with Crippen LogP contribution in [0.25, 0.3) is 0 Å². The number of carbonyl (C=O) groups excluding carboxylic acids is 1. The van der Waals surface area contributed by atoms with Crippen molar-refractivity contribution < 1.29 is 9.18 Å². The lowest BCUT2D eigenvalue weighted by atomic mass is 10.2. The minimum atomic E-state index is -0.450. The molecule has 0 spiro atoms. The molecule has 1 aromatic heterocycles. The molecule has 5 heteroatoms. The Morgan fingerprint density at radius 2 is 2.10 bits per heavy atom. The number of halogens is 1. The van der Waals surface area contributed by atoms with E-state index in [0.717, 1.165) is 0 Å². The highest BCUT2D eigenvalue weighted by molar-refractivity contribution is 6.04. The molecule has 106 valence electrons. The van der Waals surface area contributed by atoms with Crippen LogP contribution in [0.4, 0.5) is 15.8 Å². The van der Waals surface area contributed by atoms with Gasteiger partial charge >= 0.3 is 0 Å². The van der Waals surface area contributed by atoms with Gasteiger partial charge in [0.1, 0.15) is 11.5 Å². The summed E-state index contributed by atoms with van der Waals surface area (Å²) in [6.07, 6.45) is 1.70. The smallest absolute Gasteiger partial charge is 0.272 e. The number of rotatable bonds is 3. The van der Waals surface area contributed by atoms with Gasteiger partial charge in [-0.1, -0.05) is 12.1 Å². The van der Waals surface area contributed by atoms with Crippen molar-refractivity contribution in [3.63, 3.8) is 0 Å². The van der Waals surface area contributed by atoms with Crippen LogP contribution >= 0.6 is 0 Å². The zero-order valence-electron chi connectivity index (χ0n) is 11.8. The molecule has 1 aromatic carbocycles. The van der Waals surface area contributed by atoms with Crippen LogP contribution in [0.1, 0.15) is 35.9 Å². The summed E-state index contributed by atoms with van der Waals surface area (Å²) in [4.78, 5) is 12.3. The van der Waals surface area contributed by atoms with Crippen molar-refractivity contribution >= 4 is 17.3 Å². The van der Waals surface area contributed by atoms with E-state index in [1.54, 1.807) is 35.9 Å². The zero-order valence-corrected chi connectivity index (χ0v) is 11.8. The first-order valence-electron chi connectivity index (χ1n) is 6.44. The summed E-state index contributed by atoms with van der Waals surface area (Å²) in [5, 5.41) is 2.61. The molecule has 3 N–H and O–H groups in total. The number of nitrogens with two attached hydrogens (primary N) is 1. The molecule has 2 rings (SSSR count). The lowest BCUT2D eigenvalue weighted by molar-refractivity contribution is 0.101. The minimum absolute atomic E-state index is 0.0924. The summed E-state index contributed by atoms with van der Waals surface area (Å²) in [5.74, 6) is -0.822. The molecule has 1 heterocycles. The van der Waals surface area contributed by atoms with E-state index in [4.69, 9.17) is 5.73 Å². The van der Waals surface area contributed by atoms with E-state index in [1.807, 2.05) is 13.8 Å². The molecule has 2 aromatic rings. The normalized spacial score (nSPS) is 10.8. The third-order valence-electron chi connectivity index (χ3n) is 3.12. The highest BCUT2D eigenvalue weighted by Crippen LogP contribution is 2.22. The molecule has 0 aliphatic heterocycles. The summed E-state index contributed by atoms with van der Waals surface area (Å²) >= 11 is 0. The van der Waals surface area contributed by atoms with Crippen LogP contribution in [0.5, 0.6) is 0 Å². The van der Waals surface area contributed by atoms with Gasteiger partial charge in [-0.05, 0) is 38.5 Å². The van der Waals surface area contributed by atoms with E-state index in [1.165, 1.54) is 6.07 Å². The second-order valence-electron chi connectivity index (χ2n) is 5.05. The Bertz CT molecular complexity index is 626. The van der Waals surface area contributed by atoms with Gasteiger partial charge in [0.05, 0.1) is 11.4 Å². The van der Waals surface area contributed by atoms with E-state index in [-0.39, 0.29) is 17.6 Å². The Morgan fingerprint density at radius 3 is 2.70 bits per heavy atom. The first kappa shape index (κ1) is 14.1. The predicted octanol–water partition coefficient (Wildman–Crippen LogP) is 3.35. The predicted molar refractivity (Wildman–Crippen MR) is 78.3 cm³/mol. The fourth-order valence-corrected chi connectivity index (χ4v) is 2.08. The number of aromatic nitrogens is 1. The molecule has 0 radical (unpaired) electrons. The summed E-state index contributed by atoms with van der Waals surface area (Å²) in [7, 11) is 0. The average Bonchev–Trinajstić information content (AvgIpc) is 2.76. The van der Waals surface area contributed by atoms with Gasteiger partial charge in [0.15, 0.2) is 0 Å². The number of hydrogen-bond acceptors (Lipinski definition) is 2. The van der Waals surface area contributed by atoms with Crippen LogP contribution in [0.2, 0.25) is 0 Å². The maximum atomic E-state index is 13.7. The van der Waals surface area contributed by atoms with E-state index < -0.39 is 5.82 Å². The third kappa shape index (κ3) is 2.66. The van der Waals surface area contributed by atoms with E-state index in [2.05, 4.69) is 5.32 Å². The number of nitrogens with zero attached hydrogens (tertiary/aromatic N) is 1. The van der Waals surface area contributed by atoms with Gasteiger partial charge in [-0.15, -0.1) is 0 Å². The van der Waals surface area contributed by atoms with Crippen molar-refractivity contribution in [3.8, 4) is 0 Å². The van der Waals surface area contributed by atoms with Gasteiger partial charge in [0.2, 0.25) is 0 Å². The van der Waals surface area contributed by atoms with E-state index in [0.29, 0.717) is 16.9 Å². The van der Waals surface area contributed by atoms with Gasteiger partial charge in [-0.3, -0.25) is 4.79 Å². The molecule has 0 bridgehead atoms. The van der Waals surface area contributed by atoms with Crippen LogP contribution in [-0.2, 0) is 0 Å². The number of para-hydroxylation sites is 1. The Balaban J connectivity index is 2.34. The molecular weight excluding hydrogens is 257 g/mol. The molecule has 0 saturated carbocycles. The molecule has 0 atom stereocenters. The molecule has 0 saturated heterocycles. The van der Waals surface area contributed by atoms with Crippen molar-refractivity contribution in [1.29, 1.82) is 0 Å². The van der Waals surface area contributed by atoms with Gasteiger partial charge in [0.25, 0.3) is 5.91 Å². The van der Waals surface area contributed by atoms with Crippen LogP contribution in [0.3, 0.4) is 0 Å².